The molecule has 0 saturated carbocycles. The van der Waals surface area contributed by atoms with Crippen molar-refractivity contribution in [3.63, 3.8) is 0 Å². The quantitative estimate of drug-likeness (QED) is 0.0861. The van der Waals surface area contributed by atoms with Gasteiger partial charge in [0, 0.05) is 36.0 Å². The van der Waals surface area contributed by atoms with Crippen LogP contribution in [0.3, 0.4) is 0 Å². The van der Waals surface area contributed by atoms with Crippen molar-refractivity contribution in [1.29, 1.82) is 0 Å². The molecule has 444 valence electrons. The first-order valence-electron chi connectivity index (χ1n) is 28.2. The molecule has 2 aromatic heterocycles. The third-order valence-electron chi connectivity index (χ3n) is 13.6. The zero-order valence-corrected chi connectivity index (χ0v) is 51.1. The van der Waals surface area contributed by atoms with Gasteiger partial charge in [-0.3, -0.25) is 47.7 Å². The second kappa shape index (κ2) is 27.4. The Morgan fingerprint density at radius 2 is 0.908 bits per heavy atom. The average Bonchev–Trinajstić information content (AvgIpc) is 2.18. The minimum Gasteiger partial charge on any atom is -0.444 e. The number of alkyl carbamates (subject to hydrolysis) is 2. The molecular formula is C68H65BrN8O10. The number of para-hydroxylation sites is 2. The van der Waals surface area contributed by atoms with Gasteiger partial charge in [0.2, 0.25) is 0 Å². The van der Waals surface area contributed by atoms with E-state index in [0.29, 0.717) is 103 Å². The fourth-order valence-corrected chi connectivity index (χ4v) is 10.2. The Bertz CT molecular complexity index is 4120. The molecule has 6 aromatic carbocycles. The van der Waals surface area contributed by atoms with Crippen LogP contribution in [0.25, 0.3) is 33.2 Å². The highest BCUT2D eigenvalue weighted by Gasteiger charge is 2.36. The number of rotatable bonds is 12. The van der Waals surface area contributed by atoms with Gasteiger partial charge in [-0.2, -0.15) is 0 Å². The van der Waals surface area contributed by atoms with Crippen molar-refractivity contribution in [3.8, 4) is 35.6 Å². The lowest BCUT2D eigenvalue weighted by atomic mass is 10.1. The van der Waals surface area contributed by atoms with Crippen molar-refractivity contribution < 1.29 is 38.2 Å². The van der Waals surface area contributed by atoms with E-state index in [0.717, 1.165) is 0 Å². The smallest absolute Gasteiger partial charge is 0.408 e. The highest BCUT2D eigenvalue weighted by atomic mass is 79.9. The summed E-state index contributed by atoms with van der Waals surface area (Å²) < 4.78 is 14.6. The van der Waals surface area contributed by atoms with E-state index in [2.05, 4.69) is 44.3 Å². The van der Waals surface area contributed by atoms with Gasteiger partial charge in [0.1, 0.15) is 22.9 Å². The second-order valence-electron chi connectivity index (χ2n) is 22.1. The number of carbonyl (C=O) groups excluding carboxylic acids is 6. The molecule has 0 aliphatic carbocycles. The Balaban J connectivity index is 0.000000191. The molecule has 0 saturated heterocycles. The van der Waals surface area contributed by atoms with E-state index >= 15 is 0 Å². The third kappa shape index (κ3) is 14.6. The van der Waals surface area contributed by atoms with Crippen LogP contribution in [0.2, 0.25) is 0 Å². The first-order valence-corrected chi connectivity index (χ1v) is 29.0. The van der Waals surface area contributed by atoms with Gasteiger partial charge in [-0.05, 0) is 143 Å². The lowest BCUT2D eigenvalue weighted by Crippen LogP contribution is -2.37. The number of aromatic nitrogens is 4. The molecule has 4 heterocycles. The lowest BCUT2D eigenvalue weighted by Gasteiger charge is -2.24. The van der Waals surface area contributed by atoms with Gasteiger partial charge in [0.05, 0.1) is 67.5 Å². The summed E-state index contributed by atoms with van der Waals surface area (Å²) in [5.41, 5.74) is 2.63. The number of fused-ring (bicyclic) bond motifs is 4. The molecule has 19 heteroatoms. The number of carbonyl (C=O) groups is 6. The lowest BCUT2D eigenvalue weighted by molar-refractivity contribution is 0.0487. The standard InChI is InChI=1S/C34H32N4O5.C22H24BrN3O3.C12H9NO2/c1-5-26(36-33(42)43-34(2,3)4)29-35-27-20-13-15-22(28(27)32(41)38(29)23-16-7-6-8-17-23)14-11-12-21-37-30(39)24-18-9-10-19-25(24)31(37)40;1-5-16(25-21(28)29-22(2,3)4)19-24-17-13-9-12-15(23)18(17)20(27)26(19)14-10-7-6-8-11-14;1-2-3-8-13-11(14)9-6-4-5-7-10(9)12(13)15/h6-10,13,15-20,26H,5,12,21H2,1-4H3,(H,36,42);6-13,16H,5H2,1-4H3,(H,25,28);1,4-7H,3,8H2/t26-;16-;/m00./s1. The van der Waals surface area contributed by atoms with Crippen LogP contribution >= 0.6 is 15.9 Å². The molecule has 18 nitrogen and oxygen atoms in total. The fraction of sp³-hybridized carbons (Fsp3) is 0.265. The number of ether oxygens (including phenoxy) is 2. The molecule has 6 amide bonds. The molecule has 8 aromatic rings. The number of halogens is 1. The summed E-state index contributed by atoms with van der Waals surface area (Å²) in [5.74, 6) is 8.17. The predicted octanol–water partition coefficient (Wildman–Crippen LogP) is 11.8. The van der Waals surface area contributed by atoms with Gasteiger partial charge >= 0.3 is 12.2 Å². The van der Waals surface area contributed by atoms with Crippen LogP contribution in [0, 0.1) is 24.2 Å². The van der Waals surface area contributed by atoms with Crippen molar-refractivity contribution in [2.45, 2.75) is 104 Å². The number of nitrogens with zero attached hydrogens (tertiary/aromatic N) is 6. The SMILES string of the molecule is C#CCCN1C(=O)c2ccccc2C1=O.CC[C@H](NC(=O)OC(C)(C)C)c1nc2cccc(Br)c2c(=O)n1-c1ccccc1.CC[C@H](NC(=O)OC(C)(C)C)c1nc2cccc(C#CCCN3C(=O)c4ccccc4C3=O)c2c(=O)n1-c1ccccc1. The normalized spacial score (nSPS) is 13.2. The maximum absolute atomic E-state index is 14.2. The topological polar surface area (TPSA) is 221 Å². The zero-order chi connectivity index (χ0) is 62.7. The van der Waals surface area contributed by atoms with Crippen LogP contribution in [-0.2, 0) is 9.47 Å². The van der Waals surface area contributed by atoms with Gasteiger partial charge in [0.15, 0.2) is 0 Å². The number of amides is 6. The molecule has 2 aliphatic heterocycles. The molecule has 0 unspecified atom stereocenters. The largest absolute Gasteiger partial charge is 0.444 e. The monoisotopic (exact) mass is 1230 g/mol. The van der Waals surface area contributed by atoms with Gasteiger partial charge in [0.25, 0.3) is 34.7 Å². The van der Waals surface area contributed by atoms with Crippen LogP contribution in [0.5, 0.6) is 0 Å². The third-order valence-corrected chi connectivity index (χ3v) is 14.2. The molecule has 2 atom stereocenters. The fourth-order valence-electron chi connectivity index (χ4n) is 9.66. The molecule has 2 N–H and O–H groups in total. The van der Waals surface area contributed by atoms with E-state index in [1.807, 2.05) is 74.5 Å². The molecule has 0 bridgehead atoms. The molecule has 87 heavy (non-hydrogen) atoms. The molecule has 0 fully saturated rings. The number of hydrogen-bond donors (Lipinski definition) is 2. The van der Waals surface area contributed by atoms with Crippen molar-refractivity contribution in [2.75, 3.05) is 13.1 Å². The van der Waals surface area contributed by atoms with Crippen molar-refractivity contribution in [3.05, 3.63) is 210 Å². The van der Waals surface area contributed by atoms with Crippen LogP contribution in [0.15, 0.2) is 160 Å². The highest BCUT2D eigenvalue weighted by molar-refractivity contribution is 9.10. The number of nitrogens with one attached hydrogen (secondary N) is 2. The van der Waals surface area contributed by atoms with E-state index < -0.39 is 35.5 Å². The number of imide groups is 2. The van der Waals surface area contributed by atoms with E-state index in [1.54, 1.807) is 131 Å². The highest BCUT2D eigenvalue weighted by Crippen LogP contribution is 2.28. The molecule has 2 aliphatic rings. The summed E-state index contributed by atoms with van der Waals surface area (Å²) in [6.45, 7) is 15.0. The van der Waals surface area contributed by atoms with Crippen LogP contribution in [0.1, 0.15) is 152 Å². The summed E-state index contributed by atoms with van der Waals surface area (Å²) in [6, 6.07) is 41.5. The Morgan fingerprint density at radius 1 is 0.529 bits per heavy atom. The second-order valence-corrected chi connectivity index (χ2v) is 22.9. The minimum atomic E-state index is -0.689. The Hall–Kier alpha value is -9.98. The summed E-state index contributed by atoms with van der Waals surface area (Å²) in [7, 11) is 0. The van der Waals surface area contributed by atoms with Crippen LogP contribution < -0.4 is 21.8 Å². The van der Waals surface area contributed by atoms with Crippen LogP contribution in [-0.4, -0.2) is 89.0 Å². The first kappa shape index (κ1) is 63.1. The predicted molar refractivity (Wildman–Crippen MR) is 336 cm³/mol. The van der Waals surface area contributed by atoms with E-state index in [4.69, 9.17) is 25.9 Å². The Kier molecular flexibility index (Phi) is 19.8. The average molecular weight is 1230 g/mol. The van der Waals surface area contributed by atoms with E-state index in [9.17, 15) is 38.4 Å². The minimum absolute atomic E-state index is 0.134. The van der Waals surface area contributed by atoms with Gasteiger partial charge in [-0.1, -0.05) is 98.5 Å². The van der Waals surface area contributed by atoms with Crippen molar-refractivity contribution in [2.24, 2.45) is 0 Å². The van der Waals surface area contributed by atoms with Gasteiger partial charge < -0.3 is 20.1 Å². The van der Waals surface area contributed by atoms with Gasteiger partial charge in [-0.15, -0.1) is 12.3 Å². The molecular weight excluding hydrogens is 1170 g/mol. The molecule has 0 radical (unpaired) electrons. The van der Waals surface area contributed by atoms with E-state index in [1.165, 1.54) is 14.4 Å². The number of hydrogen-bond acceptors (Lipinski definition) is 12. The Labute approximate surface area is 512 Å². The molecule has 10 rings (SSSR count). The van der Waals surface area contributed by atoms with Crippen molar-refractivity contribution >= 4 is 73.6 Å². The number of benzene rings is 6. The summed E-state index contributed by atoms with van der Waals surface area (Å²) in [5, 5.41) is 6.55. The zero-order valence-electron chi connectivity index (χ0n) is 49.5. The summed E-state index contributed by atoms with van der Waals surface area (Å²) in [6.07, 6.45) is 5.58. The maximum Gasteiger partial charge on any atom is 0.408 e. The van der Waals surface area contributed by atoms with Gasteiger partial charge in [-0.25, -0.2) is 19.6 Å². The first-order chi connectivity index (χ1) is 41.5. The maximum atomic E-state index is 14.2. The van der Waals surface area contributed by atoms with Crippen LogP contribution in [0.4, 0.5) is 9.59 Å². The van der Waals surface area contributed by atoms with Crippen molar-refractivity contribution in [1.82, 2.24) is 39.5 Å². The molecule has 0 spiro atoms. The van der Waals surface area contributed by atoms with E-state index in [-0.39, 0.29) is 47.7 Å². The Morgan fingerprint density at radius 3 is 1.31 bits per heavy atom. The number of terminal acetylenes is 1. The summed E-state index contributed by atoms with van der Waals surface area (Å²) in [4.78, 5) is 114. The summed E-state index contributed by atoms with van der Waals surface area (Å²) >= 11 is 3.46.